The first-order chi connectivity index (χ1) is 19.4. The number of carbonyl (C=O) groups excluding carboxylic acids is 2. The number of anilines is 1. The number of amides is 1. The minimum atomic E-state index is -0.926. The molecule has 0 saturated carbocycles. The Morgan fingerprint density at radius 2 is 1.82 bits per heavy atom. The number of benzene rings is 2. The molecule has 0 spiro atoms. The van der Waals surface area contributed by atoms with Gasteiger partial charge >= 0.3 is 5.91 Å². The Bertz CT molecular complexity index is 1580. The van der Waals surface area contributed by atoms with E-state index in [2.05, 4.69) is 15.2 Å². The van der Waals surface area contributed by atoms with Crippen molar-refractivity contribution in [3.05, 3.63) is 99.3 Å². The van der Waals surface area contributed by atoms with E-state index in [-0.39, 0.29) is 16.5 Å². The second-order valence-electron chi connectivity index (χ2n) is 8.70. The molecule has 1 N–H and O–H groups in total. The maximum Gasteiger partial charge on any atom is 0.301 e. The Hall–Kier alpha value is -3.44. The predicted octanol–water partition coefficient (Wildman–Crippen LogP) is 6.95. The largest absolute Gasteiger partial charge is 0.507 e. The van der Waals surface area contributed by atoms with E-state index in [1.165, 1.54) is 40.4 Å². The molecule has 2 aromatic heterocycles. The molecule has 12 heteroatoms. The number of ether oxygens (including phenoxy) is 1. The SMILES string of the molecule is CCCOc1ccc(C2/C(=C(\O)c3ccncc3)C(=O)C(=O)N2c2nnc(SCc3ccc(Cl)cc3Cl)s2)cc1. The van der Waals surface area contributed by atoms with Gasteiger partial charge < -0.3 is 9.84 Å². The number of thioether (sulfide) groups is 1. The van der Waals surface area contributed by atoms with Crippen LogP contribution in [-0.2, 0) is 15.3 Å². The predicted molar refractivity (Wildman–Crippen MR) is 157 cm³/mol. The van der Waals surface area contributed by atoms with E-state index in [0.717, 1.165) is 12.0 Å². The van der Waals surface area contributed by atoms with Crippen molar-refractivity contribution in [1.29, 1.82) is 0 Å². The highest BCUT2D eigenvalue weighted by atomic mass is 35.5. The number of pyridine rings is 1. The number of nitrogens with zero attached hydrogens (tertiary/aromatic N) is 4. The molecule has 2 aromatic carbocycles. The summed E-state index contributed by atoms with van der Waals surface area (Å²) in [5.74, 6) is -0.750. The first-order valence-corrected chi connectivity index (χ1v) is 14.8. The molecule has 204 valence electrons. The fourth-order valence-corrected chi connectivity index (χ4v) is 6.54. The lowest BCUT2D eigenvalue weighted by atomic mass is 9.95. The molecule has 1 atom stereocenters. The van der Waals surface area contributed by atoms with E-state index in [1.807, 2.05) is 13.0 Å². The van der Waals surface area contributed by atoms with Crippen LogP contribution in [0.2, 0.25) is 10.0 Å². The molecule has 1 saturated heterocycles. The Labute approximate surface area is 248 Å². The summed E-state index contributed by atoms with van der Waals surface area (Å²) in [6, 6.07) is 14.6. The van der Waals surface area contributed by atoms with E-state index in [9.17, 15) is 14.7 Å². The highest BCUT2D eigenvalue weighted by Crippen LogP contribution is 2.44. The van der Waals surface area contributed by atoms with Gasteiger partial charge in [-0.05, 0) is 53.9 Å². The fraction of sp³-hybridized carbons (Fsp3) is 0.179. The van der Waals surface area contributed by atoms with Crippen molar-refractivity contribution in [3.8, 4) is 5.75 Å². The van der Waals surface area contributed by atoms with E-state index >= 15 is 0 Å². The molecule has 0 radical (unpaired) electrons. The van der Waals surface area contributed by atoms with Crippen molar-refractivity contribution >= 4 is 68.9 Å². The number of ketones is 1. The van der Waals surface area contributed by atoms with Crippen LogP contribution in [0.4, 0.5) is 5.13 Å². The van der Waals surface area contributed by atoms with Crippen molar-refractivity contribution < 1.29 is 19.4 Å². The Balaban J connectivity index is 1.51. The third-order valence-corrected chi connectivity index (χ3v) is 8.73. The second kappa shape index (κ2) is 12.4. The Morgan fingerprint density at radius 3 is 2.52 bits per heavy atom. The van der Waals surface area contributed by atoms with Gasteiger partial charge in [-0.2, -0.15) is 0 Å². The number of aliphatic hydroxyl groups is 1. The first kappa shape index (κ1) is 28.1. The van der Waals surface area contributed by atoms with Crippen LogP contribution in [0.3, 0.4) is 0 Å². The monoisotopic (exact) mass is 612 g/mol. The summed E-state index contributed by atoms with van der Waals surface area (Å²) in [7, 11) is 0. The Kier molecular flexibility index (Phi) is 8.70. The van der Waals surface area contributed by atoms with Gasteiger partial charge in [-0.3, -0.25) is 19.5 Å². The molecule has 8 nitrogen and oxygen atoms in total. The van der Waals surface area contributed by atoms with Gasteiger partial charge in [0.25, 0.3) is 5.78 Å². The van der Waals surface area contributed by atoms with Gasteiger partial charge in [0.15, 0.2) is 4.34 Å². The Morgan fingerprint density at radius 1 is 1.07 bits per heavy atom. The van der Waals surface area contributed by atoms with Crippen LogP contribution < -0.4 is 9.64 Å². The molecule has 3 heterocycles. The minimum Gasteiger partial charge on any atom is -0.507 e. The van der Waals surface area contributed by atoms with Gasteiger partial charge in [-0.25, -0.2) is 0 Å². The van der Waals surface area contributed by atoms with Crippen LogP contribution in [0.15, 0.2) is 76.9 Å². The molecular weight excluding hydrogens is 591 g/mol. The first-order valence-electron chi connectivity index (χ1n) is 12.2. The summed E-state index contributed by atoms with van der Waals surface area (Å²) >= 11 is 14.9. The van der Waals surface area contributed by atoms with Gasteiger partial charge in [-0.15, -0.1) is 10.2 Å². The van der Waals surface area contributed by atoms with Crippen LogP contribution >= 0.6 is 46.3 Å². The lowest BCUT2D eigenvalue weighted by molar-refractivity contribution is -0.132. The average molecular weight is 614 g/mol. The molecule has 5 rings (SSSR count). The van der Waals surface area contributed by atoms with E-state index in [0.29, 0.717) is 43.6 Å². The van der Waals surface area contributed by atoms with Crippen LogP contribution in [0, 0.1) is 0 Å². The number of Topliss-reactive ketones (excluding diaryl/α,β-unsaturated/α-hetero) is 1. The number of aliphatic hydroxyl groups excluding tert-OH is 1. The van der Waals surface area contributed by atoms with E-state index in [1.54, 1.807) is 48.5 Å². The molecule has 0 aliphatic carbocycles. The van der Waals surface area contributed by atoms with Crippen molar-refractivity contribution in [2.75, 3.05) is 11.5 Å². The molecule has 1 unspecified atom stereocenters. The lowest BCUT2D eigenvalue weighted by Gasteiger charge is -2.22. The number of halogens is 2. The van der Waals surface area contributed by atoms with Crippen LogP contribution in [0.25, 0.3) is 5.76 Å². The third kappa shape index (κ3) is 5.85. The minimum absolute atomic E-state index is 0.0456. The average Bonchev–Trinajstić information content (AvgIpc) is 3.53. The van der Waals surface area contributed by atoms with Crippen LogP contribution in [0.1, 0.15) is 36.1 Å². The zero-order valence-electron chi connectivity index (χ0n) is 21.1. The molecule has 40 heavy (non-hydrogen) atoms. The highest BCUT2D eigenvalue weighted by molar-refractivity contribution is 8.00. The normalized spacial score (nSPS) is 16.5. The molecule has 1 fully saturated rings. The van der Waals surface area contributed by atoms with Gasteiger partial charge in [0, 0.05) is 33.8 Å². The number of hydrogen-bond donors (Lipinski definition) is 1. The van der Waals surface area contributed by atoms with Gasteiger partial charge in [0.2, 0.25) is 5.13 Å². The van der Waals surface area contributed by atoms with E-state index in [4.69, 9.17) is 27.9 Å². The number of aromatic nitrogens is 3. The fourth-order valence-electron chi connectivity index (χ4n) is 4.11. The van der Waals surface area contributed by atoms with Crippen LogP contribution in [0.5, 0.6) is 5.75 Å². The lowest BCUT2D eigenvalue weighted by Crippen LogP contribution is -2.29. The van der Waals surface area contributed by atoms with E-state index < -0.39 is 17.7 Å². The quantitative estimate of drug-likeness (QED) is 0.0711. The number of rotatable bonds is 9. The topological polar surface area (TPSA) is 106 Å². The van der Waals surface area contributed by atoms with Gasteiger partial charge in [-0.1, -0.05) is 71.4 Å². The summed E-state index contributed by atoms with van der Waals surface area (Å²) in [6.07, 6.45) is 3.86. The summed E-state index contributed by atoms with van der Waals surface area (Å²) < 4.78 is 6.28. The molecule has 1 aliphatic heterocycles. The third-order valence-electron chi connectivity index (χ3n) is 6.04. The van der Waals surface area contributed by atoms with Gasteiger partial charge in [0.1, 0.15) is 11.5 Å². The number of hydrogen-bond acceptors (Lipinski definition) is 9. The van der Waals surface area contributed by atoms with Crippen molar-refractivity contribution in [1.82, 2.24) is 15.2 Å². The summed E-state index contributed by atoms with van der Waals surface area (Å²) in [6.45, 7) is 2.58. The summed E-state index contributed by atoms with van der Waals surface area (Å²) in [4.78, 5) is 32.0. The maximum absolute atomic E-state index is 13.4. The summed E-state index contributed by atoms with van der Waals surface area (Å²) in [5, 5.41) is 21.0. The van der Waals surface area contributed by atoms with Gasteiger partial charge in [0.05, 0.1) is 18.2 Å². The zero-order chi connectivity index (χ0) is 28.2. The smallest absolute Gasteiger partial charge is 0.301 e. The second-order valence-corrected chi connectivity index (χ2v) is 11.7. The van der Waals surface area contributed by atoms with Crippen molar-refractivity contribution in [2.24, 2.45) is 0 Å². The summed E-state index contributed by atoms with van der Waals surface area (Å²) in [5.41, 5.74) is 1.80. The molecule has 0 bridgehead atoms. The van der Waals surface area contributed by atoms with Crippen LogP contribution in [-0.4, -0.2) is 38.6 Å². The standard InChI is InChI=1S/C28H22Cl2N4O4S2/c1-2-13-38-20-7-4-16(5-8-20)23-22(24(35)17-9-11-31-12-10-17)25(36)26(37)34(23)27-32-33-28(40-27)39-15-18-3-6-19(29)14-21(18)30/h3-12,14,23,35H,2,13,15H2,1H3/b24-22+. The molecule has 1 aliphatic rings. The molecule has 1 amide bonds. The maximum atomic E-state index is 13.4. The van der Waals surface area contributed by atoms with Crippen molar-refractivity contribution in [3.63, 3.8) is 0 Å². The molecule has 4 aromatic rings. The number of carbonyl (C=O) groups is 2. The highest BCUT2D eigenvalue weighted by Gasteiger charge is 2.48. The molecular formula is C28H22Cl2N4O4S2. The van der Waals surface area contributed by atoms with Crippen molar-refractivity contribution in [2.45, 2.75) is 29.5 Å². The zero-order valence-corrected chi connectivity index (χ0v) is 24.2.